The molecule has 1 fully saturated rings. The first-order chi connectivity index (χ1) is 12.8. The Labute approximate surface area is 190 Å². The van der Waals surface area contributed by atoms with Crippen molar-refractivity contribution in [3.63, 3.8) is 0 Å². The van der Waals surface area contributed by atoms with Crippen LogP contribution in [-0.2, 0) is 4.74 Å². The first-order valence-electron chi connectivity index (χ1n) is 9.73. The number of thiophene rings is 1. The highest BCUT2D eigenvalue weighted by atomic mass is 127. The summed E-state index contributed by atoms with van der Waals surface area (Å²) >= 11 is 1.73. The number of likely N-dealkylation sites (tertiary alicyclic amines) is 1. The van der Waals surface area contributed by atoms with E-state index in [4.69, 9.17) is 4.74 Å². The number of hydrogen-bond donors (Lipinski definition) is 2. The summed E-state index contributed by atoms with van der Waals surface area (Å²) in [5.74, 6) is 1.83. The molecule has 1 aliphatic rings. The van der Waals surface area contributed by atoms with E-state index in [1.54, 1.807) is 18.4 Å². The maximum absolute atomic E-state index is 12.1. The molecule has 0 bridgehead atoms. The third-order valence-corrected chi connectivity index (χ3v) is 5.44. The molecule has 2 N–H and O–H groups in total. The van der Waals surface area contributed by atoms with E-state index in [1.807, 2.05) is 25.7 Å². The fourth-order valence-electron chi connectivity index (χ4n) is 3.03. The largest absolute Gasteiger partial charge is 0.444 e. The smallest absolute Gasteiger partial charge is 0.410 e. The topological polar surface area (TPSA) is 66.0 Å². The molecule has 0 radical (unpaired) electrons. The van der Waals surface area contributed by atoms with Crippen molar-refractivity contribution in [1.29, 1.82) is 0 Å². The predicted octanol–water partition coefficient (Wildman–Crippen LogP) is 4.28. The maximum atomic E-state index is 12.1. The van der Waals surface area contributed by atoms with Crippen LogP contribution in [0.5, 0.6) is 0 Å². The van der Waals surface area contributed by atoms with Crippen molar-refractivity contribution >= 4 is 47.4 Å². The third kappa shape index (κ3) is 8.55. The van der Waals surface area contributed by atoms with Crippen LogP contribution in [0.1, 0.15) is 52.0 Å². The summed E-state index contributed by atoms with van der Waals surface area (Å²) in [7, 11) is 1.80. The second-order valence-electron chi connectivity index (χ2n) is 8.20. The van der Waals surface area contributed by atoms with Crippen molar-refractivity contribution in [2.45, 2.75) is 52.1 Å². The summed E-state index contributed by atoms with van der Waals surface area (Å²) in [6.07, 6.45) is 1.76. The van der Waals surface area contributed by atoms with Crippen LogP contribution >= 0.6 is 35.3 Å². The number of piperidine rings is 1. The molecule has 0 spiro atoms. The minimum Gasteiger partial charge on any atom is -0.444 e. The van der Waals surface area contributed by atoms with E-state index in [9.17, 15) is 4.79 Å². The fraction of sp³-hybridized carbons (Fsp3) is 0.700. The molecule has 2 heterocycles. The average Bonchev–Trinajstić information content (AvgIpc) is 3.15. The Kier molecular flexibility index (Phi) is 10.6. The van der Waals surface area contributed by atoms with Gasteiger partial charge in [0.15, 0.2) is 5.96 Å². The molecule has 1 saturated heterocycles. The van der Waals surface area contributed by atoms with Gasteiger partial charge in [-0.2, -0.15) is 11.3 Å². The van der Waals surface area contributed by atoms with E-state index < -0.39 is 5.60 Å². The van der Waals surface area contributed by atoms with E-state index in [0.717, 1.165) is 45.0 Å². The lowest BCUT2D eigenvalue weighted by Crippen LogP contribution is -2.45. The first-order valence-corrected chi connectivity index (χ1v) is 10.7. The zero-order valence-electron chi connectivity index (χ0n) is 17.7. The molecule has 1 aromatic heterocycles. The van der Waals surface area contributed by atoms with Crippen LogP contribution in [0, 0.1) is 5.92 Å². The van der Waals surface area contributed by atoms with Crippen molar-refractivity contribution in [1.82, 2.24) is 15.5 Å². The highest BCUT2D eigenvalue weighted by Crippen LogP contribution is 2.19. The molecule has 0 saturated carbocycles. The Balaban J connectivity index is 0.00000392. The molecule has 0 aromatic carbocycles. The molecular formula is C20H35IN4O2S. The van der Waals surface area contributed by atoms with E-state index in [1.165, 1.54) is 5.56 Å². The SMILES string of the molecule is CN=C(NCC1CCN(C(=O)OC(C)(C)C)CC1)NCC(C)c1ccsc1.I. The number of aliphatic imine (C=N–C) groups is 1. The lowest BCUT2D eigenvalue weighted by molar-refractivity contribution is 0.0185. The van der Waals surface area contributed by atoms with Crippen molar-refractivity contribution in [2.24, 2.45) is 10.9 Å². The third-order valence-electron chi connectivity index (χ3n) is 4.74. The second-order valence-corrected chi connectivity index (χ2v) is 8.98. The number of nitrogens with zero attached hydrogens (tertiary/aromatic N) is 2. The highest BCUT2D eigenvalue weighted by Gasteiger charge is 2.26. The van der Waals surface area contributed by atoms with Crippen molar-refractivity contribution in [3.05, 3.63) is 22.4 Å². The van der Waals surface area contributed by atoms with Gasteiger partial charge in [-0.15, -0.1) is 24.0 Å². The molecular weight excluding hydrogens is 487 g/mol. The van der Waals surface area contributed by atoms with E-state index in [-0.39, 0.29) is 30.1 Å². The number of rotatable bonds is 5. The fourth-order valence-corrected chi connectivity index (χ4v) is 3.81. The number of carbonyl (C=O) groups excluding carboxylic acids is 1. The van der Waals surface area contributed by atoms with Crippen molar-refractivity contribution in [3.8, 4) is 0 Å². The van der Waals surface area contributed by atoms with Gasteiger partial charge in [0, 0.05) is 33.2 Å². The highest BCUT2D eigenvalue weighted by molar-refractivity contribution is 14.0. The molecule has 2 rings (SSSR count). The predicted molar refractivity (Wildman–Crippen MR) is 128 cm³/mol. The average molecular weight is 522 g/mol. The number of ether oxygens (including phenoxy) is 1. The zero-order chi connectivity index (χ0) is 19.9. The number of nitrogens with one attached hydrogen (secondary N) is 2. The van der Waals surface area contributed by atoms with Gasteiger partial charge in [-0.05, 0) is 67.8 Å². The molecule has 28 heavy (non-hydrogen) atoms. The number of guanidine groups is 1. The summed E-state index contributed by atoms with van der Waals surface area (Å²) in [6.45, 7) is 11.2. The van der Waals surface area contributed by atoms with Gasteiger partial charge < -0.3 is 20.3 Å². The lowest BCUT2D eigenvalue weighted by atomic mass is 9.97. The summed E-state index contributed by atoms with van der Waals surface area (Å²) in [6, 6.07) is 2.17. The molecule has 0 aliphatic carbocycles. The summed E-state index contributed by atoms with van der Waals surface area (Å²) in [5, 5.41) is 11.1. The van der Waals surface area contributed by atoms with Crippen LogP contribution in [0.15, 0.2) is 21.8 Å². The van der Waals surface area contributed by atoms with Gasteiger partial charge in [-0.3, -0.25) is 4.99 Å². The lowest BCUT2D eigenvalue weighted by Gasteiger charge is -2.33. The normalized spacial score (nSPS) is 16.9. The van der Waals surface area contributed by atoms with Gasteiger partial charge in [-0.25, -0.2) is 4.79 Å². The van der Waals surface area contributed by atoms with Gasteiger partial charge in [0.05, 0.1) is 0 Å². The van der Waals surface area contributed by atoms with E-state index in [2.05, 4.69) is 39.4 Å². The quantitative estimate of drug-likeness (QED) is 0.344. The summed E-state index contributed by atoms with van der Waals surface area (Å²) < 4.78 is 5.46. The summed E-state index contributed by atoms with van der Waals surface area (Å²) in [5.41, 5.74) is 0.922. The summed E-state index contributed by atoms with van der Waals surface area (Å²) in [4.78, 5) is 18.3. The Hall–Kier alpha value is -1.03. The minimum absolute atomic E-state index is 0. The first kappa shape index (κ1) is 25.0. The van der Waals surface area contributed by atoms with E-state index in [0.29, 0.717) is 11.8 Å². The molecule has 1 unspecified atom stereocenters. The van der Waals surface area contributed by atoms with Crippen LogP contribution in [0.4, 0.5) is 4.79 Å². The standard InChI is InChI=1S/C20H34N4O2S.HI/c1-15(17-8-11-27-14-17)12-22-18(21-5)23-13-16-6-9-24(10-7-16)19(25)26-20(2,3)4;/h8,11,14-16H,6-7,9-10,12-13H2,1-5H3,(H2,21,22,23);1H. The Bertz CT molecular complexity index is 608. The monoisotopic (exact) mass is 522 g/mol. The number of carbonyl (C=O) groups is 1. The molecule has 6 nitrogen and oxygen atoms in total. The van der Waals surface area contributed by atoms with Gasteiger partial charge in [0.25, 0.3) is 0 Å². The van der Waals surface area contributed by atoms with Gasteiger partial charge >= 0.3 is 6.09 Å². The van der Waals surface area contributed by atoms with Gasteiger partial charge in [-0.1, -0.05) is 6.92 Å². The van der Waals surface area contributed by atoms with Crippen molar-refractivity contribution < 1.29 is 9.53 Å². The van der Waals surface area contributed by atoms with Crippen LogP contribution < -0.4 is 10.6 Å². The number of hydrogen-bond acceptors (Lipinski definition) is 4. The molecule has 1 aromatic rings. The molecule has 1 atom stereocenters. The van der Waals surface area contributed by atoms with Crippen LogP contribution in [0.3, 0.4) is 0 Å². The number of amides is 1. The molecule has 1 amide bonds. The van der Waals surface area contributed by atoms with Crippen LogP contribution in [0.25, 0.3) is 0 Å². The second kappa shape index (κ2) is 11.8. The Morgan fingerprint density at radius 2 is 2.04 bits per heavy atom. The van der Waals surface area contributed by atoms with Gasteiger partial charge in [0.2, 0.25) is 0 Å². The minimum atomic E-state index is -0.437. The van der Waals surface area contributed by atoms with Crippen molar-refractivity contribution in [2.75, 3.05) is 33.2 Å². The molecule has 160 valence electrons. The Morgan fingerprint density at radius 3 is 2.57 bits per heavy atom. The van der Waals surface area contributed by atoms with Gasteiger partial charge in [0.1, 0.15) is 5.60 Å². The zero-order valence-corrected chi connectivity index (χ0v) is 20.8. The maximum Gasteiger partial charge on any atom is 0.410 e. The van der Waals surface area contributed by atoms with Crippen LogP contribution in [-0.4, -0.2) is 55.8 Å². The van der Waals surface area contributed by atoms with E-state index >= 15 is 0 Å². The number of halogens is 1. The molecule has 8 heteroatoms. The van der Waals surface area contributed by atoms with Crippen LogP contribution in [0.2, 0.25) is 0 Å². The Morgan fingerprint density at radius 1 is 1.36 bits per heavy atom. The molecule has 1 aliphatic heterocycles.